The van der Waals surface area contributed by atoms with Gasteiger partial charge in [-0.25, -0.2) is 21.6 Å². The molecule has 0 amide bonds. The summed E-state index contributed by atoms with van der Waals surface area (Å²) in [6.45, 7) is -0.128. The molecule has 0 heterocycles. The molecule has 0 fully saturated rings. The Balaban J connectivity index is 2.24. The van der Waals surface area contributed by atoms with Gasteiger partial charge < -0.3 is 0 Å². The lowest BCUT2D eigenvalue weighted by Gasteiger charge is -2.17. The minimum absolute atomic E-state index is 0.0750. The van der Waals surface area contributed by atoms with Crippen LogP contribution in [0, 0.1) is 17.5 Å². The molecule has 0 N–H and O–H groups in total. The van der Waals surface area contributed by atoms with Gasteiger partial charge in [0.15, 0.2) is 11.6 Å². The van der Waals surface area contributed by atoms with E-state index < -0.39 is 27.5 Å². The van der Waals surface area contributed by atoms with Crippen LogP contribution in [0.25, 0.3) is 0 Å². The van der Waals surface area contributed by atoms with E-state index in [9.17, 15) is 21.6 Å². The molecule has 112 valence electrons. The van der Waals surface area contributed by atoms with Crippen LogP contribution in [0.5, 0.6) is 0 Å². The molecule has 0 atom stereocenters. The van der Waals surface area contributed by atoms with E-state index in [-0.39, 0.29) is 11.4 Å². The van der Waals surface area contributed by atoms with Gasteiger partial charge in [-0.1, -0.05) is 6.07 Å². The molecular formula is C14H12F3NO2S. The molecule has 2 aromatic rings. The second-order valence-electron chi connectivity index (χ2n) is 4.46. The fourth-order valence-corrected chi connectivity index (χ4v) is 2.93. The van der Waals surface area contributed by atoms with Gasteiger partial charge in [0.05, 0.1) is 4.90 Å². The molecule has 3 nitrogen and oxygen atoms in total. The molecule has 2 rings (SSSR count). The summed E-state index contributed by atoms with van der Waals surface area (Å²) in [6, 6.07) is 7.54. The molecule has 0 saturated carbocycles. The first-order chi connectivity index (χ1) is 9.80. The summed E-state index contributed by atoms with van der Waals surface area (Å²) in [4.78, 5) is -0.0750. The molecule has 0 aliphatic rings. The van der Waals surface area contributed by atoms with E-state index in [2.05, 4.69) is 0 Å². The van der Waals surface area contributed by atoms with E-state index in [0.29, 0.717) is 5.56 Å². The maximum absolute atomic E-state index is 13.1. The largest absolute Gasteiger partial charge is 0.243 e. The molecule has 0 aliphatic carbocycles. The first kappa shape index (κ1) is 15.5. The lowest BCUT2D eigenvalue weighted by atomic mass is 10.2. The van der Waals surface area contributed by atoms with Crippen molar-refractivity contribution in [2.24, 2.45) is 0 Å². The molecule has 21 heavy (non-hydrogen) atoms. The highest BCUT2D eigenvalue weighted by Gasteiger charge is 2.21. The maximum Gasteiger partial charge on any atom is 0.243 e. The maximum atomic E-state index is 13.1. The van der Waals surface area contributed by atoms with Crippen LogP contribution >= 0.6 is 0 Å². The van der Waals surface area contributed by atoms with Gasteiger partial charge in [0.25, 0.3) is 0 Å². The van der Waals surface area contributed by atoms with Crippen molar-refractivity contribution < 1.29 is 21.6 Å². The van der Waals surface area contributed by atoms with Gasteiger partial charge in [0.2, 0.25) is 10.0 Å². The topological polar surface area (TPSA) is 37.4 Å². The average Bonchev–Trinajstić information content (AvgIpc) is 2.43. The molecule has 0 bridgehead atoms. The Bertz CT molecular complexity index is 745. The van der Waals surface area contributed by atoms with Gasteiger partial charge in [0.1, 0.15) is 5.82 Å². The van der Waals surface area contributed by atoms with Crippen LogP contribution in [-0.2, 0) is 16.6 Å². The lowest BCUT2D eigenvalue weighted by Crippen LogP contribution is -2.26. The molecule has 2 aromatic carbocycles. The van der Waals surface area contributed by atoms with Crippen molar-refractivity contribution in [3.05, 3.63) is 65.5 Å². The zero-order chi connectivity index (χ0) is 15.6. The van der Waals surface area contributed by atoms with Gasteiger partial charge in [0, 0.05) is 13.6 Å². The van der Waals surface area contributed by atoms with E-state index in [1.165, 1.54) is 13.1 Å². The number of halogens is 3. The van der Waals surface area contributed by atoms with Crippen molar-refractivity contribution in [1.82, 2.24) is 4.31 Å². The van der Waals surface area contributed by atoms with Crippen LogP contribution in [0.3, 0.4) is 0 Å². The van der Waals surface area contributed by atoms with Crippen LogP contribution in [0.1, 0.15) is 5.56 Å². The van der Waals surface area contributed by atoms with Gasteiger partial charge in [-0.05, 0) is 42.0 Å². The van der Waals surface area contributed by atoms with E-state index in [0.717, 1.165) is 40.7 Å². The zero-order valence-corrected chi connectivity index (χ0v) is 11.9. The fourth-order valence-electron chi connectivity index (χ4n) is 1.77. The number of rotatable bonds is 4. The lowest BCUT2D eigenvalue weighted by molar-refractivity contribution is 0.461. The van der Waals surface area contributed by atoms with Crippen LogP contribution in [0.4, 0.5) is 13.2 Å². The summed E-state index contributed by atoms with van der Waals surface area (Å²) in [5.74, 6) is -2.58. The van der Waals surface area contributed by atoms with Crippen molar-refractivity contribution in [3.8, 4) is 0 Å². The SMILES string of the molecule is CN(Cc1ccc(F)c(F)c1)S(=O)(=O)c1ccc(F)cc1. The van der Waals surface area contributed by atoms with Crippen molar-refractivity contribution >= 4 is 10.0 Å². The van der Waals surface area contributed by atoms with E-state index >= 15 is 0 Å². The Labute approximate surface area is 120 Å². The van der Waals surface area contributed by atoms with Crippen molar-refractivity contribution in [1.29, 1.82) is 0 Å². The molecule has 0 aliphatic heterocycles. The van der Waals surface area contributed by atoms with Crippen molar-refractivity contribution in [2.75, 3.05) is 7.05 Å². The summed E-state index contributed by atoms with van der Waals surface area (Å²) in [5, 5.41) is 0. The Morgan fingerprint density at radius 2 is 1.57 bits per heavy atom. The number of sulfonamides is 1. The summed E-state index contributed by atoms with van der Waals surface area (Å²) < 4.78 is 64.2. The molecule has 0 aromatic heterocycles. The highest BCUT2D eigenvalue weighted by Crippen LogP contribution is 2.18. The average molecular weight is 315 g/mol. The van der Waals surface area contributed by atoms with Crippen LogP contribution in [0.15, 0.2) is 47.4 Å². The second-order valence-corrected chi connectivity index (χ2v) is 6.51. The Kier molecular flexibility index (Phi) is 4.34. The smallest absolute Gasteiger partial charge is 0.207 e. The van der Waals surface area contributed by atoms with Gasteiger partial charge in [-0.3, -0.25) is 0 Å². The normalized spacial score (nSPS) is 11.9. The van der Waals surface area contributed by atoms with Gasteiger partial charge in [-0.15, -0.1) is 0 Å². The van der Waals surface area contributed by atoms with Crippen LogP contribution in [-0.4, -0.2) is 19.8 Å². The molecule has 0 spiro atoms. The highest BCUT2D eigenvalue weighted by atomic mass is 32.2. The monoisotopic (exact) mass is 315 g/mol. The van der Waals surface area contributed by atoms with Gasteiger partial charge >= 0.3 is 0 Å². The summed E-state index contributed by atoms with van der Waals surface area (Å²) in [6.07, 6.45) is 0. The Hall–Kier alpha value is -1.86. The fraction of sp³-hybridized carbons (Fsp3) is 0.143. The quantitative estimate of drug-likeness (QED) is 0.870. The first-order valence-electron chi connectivity index (χ1n) is 5.96. The predicted octanol–water partition coefficient (Wildman–Crippen LogP) is 2.92. The first-order valence-corrected chi connectivity index (χ1v) is 7.40. The molecule has 0 saturated heterocycles. The predicted molar refractivity (Wildman–Crippen MR) is 71.4 cm³/mol. The van der Waals surface area contributed by atoms with E-state index in [4.69, 9.17) is 0 Å². The molecular weight excluding hydrogens is 303 g/mol. The summed E-state index contributed by atoms with van der Waals surface area (Å²) >= 11 is 0. The minimum atomic E-state index is -3.83. The third-order valence-corrected chi connectivity index (χ3v) is 4.73. The van der Waals surface area contributed by atoms with Crippen molar-refractivity contribution in [2.45, 2.75) is 11.4 Å². The third-order valence-electron chi connectivity index (χ3n) is 2.91. The number of nitrogens with zero attached hydrogens (tertiary/aromatic N) is 1. The van der Waals surface area contributed by atoms with Crippen molar-refractivity contribution in [3.63, 3.8) is 0 Å². The Morgan fingerprint density at radius 1 is 0.952 bits per heavy atom. The molecule has 0 radical (unpaired) electrons. The van der Waals surface area contributed by atoms with Crippen LogP contribution < -0.4 is 0 Å². The highest BCUT2D eigenvalue weighted by molar-refractivity contribution is 7.89. The van der Waals surface area contributed by atoms with Crippen LogP contribution in [0.2, 0.25) is 0 Å². The minimum Gasteiger partial charge on any atom is -0.207 e. The van der Waals surface area contributed by atoms with E-state index in [1.54, 1.807) is 0 Å². The summed E-state index contributed by atoms with van der Waals surface area (Å²) in [7, 11) is -2.52. The van der Waals surface area contributed by atoms with Gasteiger partial charge in [-0.2, -0.15) is 4.31 Å². The number of hydrogen-bond acceptors (Lipinski definition) is 2. The summed E-state index contributed by atoms with van der Waals surface area (Å²) in [5.41, 5.74) is 0.307. The second kappa shape index (κ2) is 5.87. The molecule has 0 unspecified atom stereocenters. The number of hydrogen-bond donors (Lipinski definition) is 0. The molecule has 7 heteroatoms. The standard InChI is InChI=1S/C14H12F3NO2S/c1-18(9-10-2-7-13(16)14(17)8-10)21(19,20)12-5-3-11(15)4-6-12/h2-8H,9H2,1H3. The zero-order valence-electron chi connectivity index (χ0n) is 11.1. The number of benzene rings is 2. The van der Waals surface area contributed by atoms with E-state index in [1.807, 2.05) is 0 Å². The Morgan fingerprint density at radius 3 is 2.14 bits per heavy atom. The third kappa shape index (κ3) is 3.43.